The van der Waals surface area contributed by atoms with Gasteiger partial charge in [-0.25, -0.2) is 0 Å². The Balaban J connectivity index is 1.42. The molecule has 0 aromatic carbocycles. The molecule has 0 saturated heterocycles. The molecular weight excluding hydrogens is 236 g/mol. The molecule has 0 spiro atoms. The molecule has 3 atom stereocenters. The van der Waals surface area contributed by atoms with Gasteiger partial charge in [0.1, 0.15) is 0 Å². The van der Waals surface area contributed by atoms with E-state index in [2.05, 4.69) is 5.32 Å². The van der Waals surface area contributed by atoms with Gasteiger partial charge in [-0.1, -0.05) is 25.7 Å². The van der Waals surface area contributed by atoms with Gasteiger partial charge in [0.25, 0.3) is 0 Å². The monoisotopic (exact) mass is 264 g/mol. The number of amides is 1. The van der Waals surface area contributed by atoms with Crippen LogP contribution in [0.3, 0.4) is 0 Å². The molecule has 3 aliphatic carbocycles. The van der Waals surface area contributed by atoms with E-state index in [0.717, 1.165) is 44.1 Å². The van der Waals surface area contributed by atoms with Crippen molar-refractivity contribution in [2.24, 2.45) is 29.4 Å². The van der Waals surface area contributed by atoms with Crippen molar-refractivity contribution >= 4 is 5.91 Å². The third kappa shape index (κ3) is 3.13. The van der Waals surface area contributed by atoms with E-state index in [9.17, 15) is 4.79 Å². The first-order chi connectivity index (χ1) is 9.22. The zero-order valence-electron chi connectivity index (χ0n) is 11.9. The molecule has 3 rings (SSSR count). The maximum atomic E-state index is 12.3. The summed E-state index contributed by atoms with van der Waals surface area (Å²) in [5.41, 5.74) is 5.78. The Kier molecular flexibility index (Phi) is 4.11. The first kappa shape index (κ1) is 13.4. The minimum absolute atomic E-state index is 0.299. The maximum absolute atomic E-state index is 12.3. The summed E-state index contributed by atoms with van der Waals surface area (Å²) in [6.07, 6.45) is 11.3. The predicted octanol–water partition coefficient (Wildman–Crippen LogP) is 2.45. The number of rotatable bonds is 3. The zero-order valence-corrected chi connectivity index (χ0v) is 11.9. The van der Waals surface area contributed by atoms with Gasteiger partial charge in [-0.15, -0.1) is 0 Å². The van der Waals surface area contributed by atoms with Crippen molar-refractivity contribution in [3.8, 4) is 0 Å². The van der Waals surface area contributed by atoms with Gasteiger partial charge in [0.15, 0.2) is 0 Å². The van der Waals surface area contributed by atoms with Crippen molar-refractivity contribution in [3.63, 3.8) is 0 Å². The van der Waals surface area contributed by atoms with E-state index in [-0.39, 0.29) is 0 Å². The number of nitrogens with two attached hydrogens (primary N) is 1. The van der Waals surface area contributed by atoms with E-state index in [1.54, 1.807) is 0 Å². The van der Waals surface area contributed by atoms with E-state index in [4.69, 9.17) is 5.73 Å². The topological polar surface area (TPSA) is 55.1 Å². The molecule has 0 aliphatic heterocycles. The summed E-state index contributed by atoms with van der Waals surface area (Å²) in [4.78, 5) is 12.3. The number of nitrogens with one attached hydrogen (secondary N) is 1. The molecule has 3 nitrogen and oxygen atoms in total. The summed E-state index contributed by atoms with van der Waals surface area (Å²) in [5.74, 6) is 3.04. The highest BCUT2D eigenvalue weighted by Gasteiger charge is 2.35. The van der Waals surface area contributed by atoms with E-state index >= 15 is 0 Å². The minimum Gasteiger partial charge on any atom is -0.356 e. The van der Waals surface area contributed by atoms with Crippen LogP contribution in [0.15, 0.2) is 0 Å². The van der Waals surface area contributed by atoms with E-state index in [1.807, 2.05) is 0 Å². The highest BCUT2D eigenvalue weighted by atomic mass is 16.1. The van der Waals surface area contributed by atoms with Gasteiger partial charge in [0.2, 0.25) is 5.91 Å². The Morgan fingerprint density at radius 2 is 1.74 bits per heavy atom. The van der Waals surface area contributed by atoms with Gasteiger partial charge >= 0.3 is 0 Å². The maximum Gasteiger partial charge on any atom is 0.223 e. The van der Waals surface area contributed by atoms with Gasteiger partial charge in [-0.05, 0) is 49.9 Å². The molecule has 3 saturated carbocycles. The van der Waals surface area contributed by atoms with Crippen LogP contribution in [0.4, 0.5) is 0 Å². The summed E-state index contributed by atoms with van der Waals surface area (Å²) in [6, 6.07) is 0.388. The van der Waals surface area contributed by atoms with E-state index in [1.165, 1.54) is 32.1 Å². The summed E-state index contributed by atoms with van der Waals surface area (Å²) in [6.45, 7) is 0.858. The van der Waals surface area contributed by atoms with Gasteiger partial charge in [0, 0.05) is 18.5 Å². The lowest BCUT2D eigenvalue weighted by molar-refractivity contribution is -0.127. The molecule has 3 N–H and O–H groups in total. The summed E-state index contributed by atoms with van der Waals surface area (Å²) >= 11 is 0. The van der Waals surface area contributed by atoms with Crippen LogP contribution in [0.25, 0.3) is 0 Å². The van der Waals surface area contributed by atoms with Crippen molar-refractivity contribution in [2.45, 2.75) is 63.8 Å². The van der Waals surface area contributed by atoms with E-state index < -0.39 is 0 Å². The average molecular weight is 264 g/mol. The summed E-state index contributed by atoms with van der Waals surface area (Å²) in [5, 5.41) is 3.18. The summed E-state index contributed by atoms with van der Waals surface area (Å²) in [7, 11) is 0. The third-order valence-electron chi connectivity index (χ3n) is 5.75. The van der Waals surface area contributed by atoms with Crippen molar-refractivity contribution in [2.75, 3.05) is 6.54 Å². The number of carbonyl (C=O) groups excluding carboxylic acids is 1. The highest BCUT2D eigenvalue weighted by Crippen LogP contribution is 2.42. The SMILES string of the molecule is NC1CC(CNC(=O)C2CCC3CCCCC3C2)C1. The Hall–Kier alpha value is -0.570. The first-order valence-corrected chi connectivity index (χ1v) is 8.25. The Morgan fingerprint density at radius 1 is 1.00 bits per heavy atom. The standard InChI is InChI=1S/C16H28N2O/c17-15-7-11(8-15)10-18-16(19)14-6-5-12-3-1-2-4-13(12)9-14/h11-15H,1-10,17H2,(H,18,19). The Labute approximate surface area is 116 Å². The molecule has 0 aromatic heterocycles. The lowest BCUT2D eigenvalue weighted by Crippen LogP contribution is -2.44. The molecule has 0 radical (unpaired) electrons. The average Bonchev–Trinajstić information content (AvgIpc) is 2.41. The quantitative estimate of drug-likeness (QED) is 0.822. The fourth-order valence-corrected chi connectivity index (χ4v) is 4.45. The molecule has 3 fully saturated rings. The van der Waals surface area contributed by atoms with Gasteiger partial charge in [0.05, 0.1) is 0 Å². The van der Waals surface area contributed by atoms with Gasteiger partial charge < -0.3 is 11.1 Å². The second-order valence-electron chi connectivity index (χ2n) is 7.16. The van der Waals surface area contributed by atoms with E-state index in [0.29, 0.717) is 23.8 Å². The normalized spacial score (nSPS) is 42.1. The molecule has 3 heteroatoms. The molecule has 0 heterocycles. The molecular formula is C16H28N2O. The van der Waals surface area contributed by atoms with Crippen LogP contribution in [0, 0.1) is 23.7 Å². The van der Waals surface area contributed by atoms with Gasteiger partial charge in [-0.2, -0.15) is 0 Å². The van der Waals surface area contributed by atoms with Crippen molar-refractivity contribution in [1.82, 2.24) is 5.32 Å². The van der Waals surface area contributed by atoms with Crippen LogP contribution < -0.4 is 11.1 Å². The van der Waals surface area contributed by atoms with Gasteiger partial charge in [-0.3, -0.25) is 4.79 Å². The fourth-order valence-electron chi connectivity index (χ4n) is 4.45. The fraction of sp³-hybridized carbons (Fsp3) is 0.938. The molecule has 1 amide bonds. The molecule has 3 aliphatic rings. The predicted molar refractivity (Wildman–Crippen MR) is 76.5 cm³/mol. The minimum atomic E-state index is 0.299. The molecule has 108 valence electrons. The highest BCUT2D eigenvalue weighted by molar-refractivity contribution is 5.78. The second kappa shape index (κ2) is 5.82. The smallest absolute Gasteiger partial charge is 0.223 e. The molecule has 3 unspecified atom stereocenters. The lowest BCUT2D eigenvalue weighted by atomic mass is 9.67. The molecule has 0 bridgehead atoms. The number of fused-ring (bicyclic) bond motifs is 1. The van der Waals surface area contributed by atoms with Crippen LogP contribution in [0.1, 0.15) is 57.8 Å². The van der Waals surface area contributed by atoms with Crippen LogP contribution in [0.5, 0.6) is 0 Å². The van der Waals surface area contributed by atoms with Crippen molar-refractivity contribution in [1.29, 1.82) is 0 Å². The molecule has 19 heavy (non-hydrogen) atoms. The third-order valence-corrected chi connectivity index (χ3v) is 5.75. The Morgan fingerprint density at radius 3 is 2.47 bits per heavy atom. The largest absolute Gasteiger partial charge is 0.356 e. The van der Waals surface area contributed by atoms with Crippen LogP contribution in [-0.2, 0) is 4.79 Å². The van der Waals surface area contributed by atoms with Crippen LogP contribution in [0.2, 0.25) is 0 Å². The second-order valence-corrected chi connectivity index (χ2v) is 7.16. The van der Waals surface area contributed by atoms with Crippen LogP contribution in [-0.4, -0.2) is 18.5 Å². The van der Waals surface area contributed by atoms with Crippen LogP contribution >= 0.6 is 0 Å². The number of hydrogen-bond donors (Lipinski definition) is 2. The first-order valence-electron chi connectivity index (χ1n) is 8.25. The number of carbonyl (C=O) groups is 1. The van der Waals surface area contributed by atoms with Crippen molar-refractivity contribution < 1.29 is 4.79 Å². The summed E-state index contributed by atoms with van der Waals surface area (Å²) < 4.78 is 0. The lowest BCUT2D eigenvalue weighted by Gasteiger charge is -2.39. The zero-order chi connectivity index (χ0) is 13.2. The van der Waals surface area contributed by atoms with Crippen molar-refractivity contribution in [3.05, 3.63) is 0 Å². The number of hydrogen-bond acceptors (Lipinski definition) is 2. The molecule has 0 aromatic rings. The Bertz CT molecular complexity index is 325.